The quantitative estimate of drug-likeness (QED) is 0.778. The third-order valence-electron chi connectivity index (χ3n) is 4.00. The van der Waals surface area contributed by atoms with Gasteiger partial charge >= 0.3 is 0 Å². The summed E-state index contributed by atoms with van der Waals surface area (Å²) in [5, 5.41) is 2.83. The first-order valence-electron chi connectivity index (χ1n) is 8.17. The van der Waals surface area contributed by atoms with E-state index in [9.17, 15) is 13.2 Å². The fourth-order valence-corrected chi connectivity index (χ4v) is 3.62. The zero-order valence-corrected chi connectivity index (χ0v) is 16.3. The minimum atomic E-state index is -3.33. The van der Waals surface area contributed by atoms with Gasteiger partial charge in [0, 0.05) is 44.5 Å². The zero-order valence-electron chi connectivity index (χ0n) is 15.5. The van der Waals surface area contributed by atoms with Crippen LogP contribution in [-0.2, 0) is 21.4 Å². The van der Waals surface area contributed by atoms with Crippen molar-refractivity contribution in [2.45, 2.75) is 46.2 Å². The van der Waals surface area contributed by atoms with Gasteiger partial charge < -0.3 is 10.2 Å². The molecule has 1 aromatic carbocycles. The maximum absolute atomic E-state index is 12.2. The van der Waals surface area contributed by atoms with Gasteiger partial charge in [-0.3, -0.25) is 4.79 Å². The summed E-state index contributed by atoms with van der Waals surface area (Å²) in [6.07, 6.45) is 2.36. The molecule has 0 aliphatic heterocycles. The molecule has 0 aromatic heterocycles. The van der Waals surface area contributed by atoms with E-state index in [1.807, 2.05) is 51.0 Å². The number of sulfonamides is 1. The van der Waals surface area contributed by atoms with E-state index in [4.69, 9.17) is 0 Å². The van der Waals surface area contributed by atoms with Crippen LogP contribution in [-0.4, -0.2) is 45.0 Å². The molecule has 0 fully saturated rings. The molecule has 7 heteroatoms. The molecule has 1 rings (SSSR count). The summed E-state index contributed by atoms with van der Waals surface area (Å²) in [5.74, 6) is -0.0690. The van der Waals surface area contributed by atoms with Crippen molar-refractivity contribution in [2.24, 2.45) is 0 Å². The highest BCUT2D eigenvalue weighted by atomic mass is 32.2. The maximum Gasteiger partial charge on any atom is 0.224 e. The van der Waals surface area contributed by atoms with Gasteiger partial charge in [0.25, 0.3) is 0 Å². The lowest BCUT2D eigenvalue weighted by Gasteiger charge is -2.28. The predicted octanol–water partition coefficient (Wildman–Crippen LogP) is 2.66. The molecule has 136 valence electrons. The molecule has 0 saturated carbocycles. The summed E-state index contributed by atoms with van der Waals surface area (Å²) in [4.78, 5) is 13.6. The van der Waals surface area contributed by atoms with Crippen LogP contribution in [0.5, 0.6) is 0 Å². The molecule has 0 aliphatic rings. The van der Waals surface area contributed by atoms with Crippen LogP contribution in [0.3, 0.4) is 0 Å². The first-order chi connectivity index (χ1) is 11.1. The fourth-order valence-electron chi connectivity index (χ4n) is 2.45. The molecule has 0 aliphatic carbocycles. The Morgan fingerprint density at radius 3 is 2.33 bits per heavy atom. The van der Waals surface area contributed by atoms with Gasteiger partial charge in [-0.25, -0.2) is 8.42 Å². The molecule has 0 heterocycles. The van der Waals surface area contributed by atoms with E-state index in [2.05, 4.69) is 5.32 Å². The number of nitrogens with zero attached hydrogens (tertiary/aromatic N) is 2. The second-order valence-corrected chi connectivity index (χ2v) is 8.14. The van der Waals surface area contributed by atoms with Crippen molar-refractivity contribution in [1.82, 2.24) is 4.31 Å². The van der Waals surface area contributed by atoms with Gasteiger partial charge in [0.15, 0.2) is 0 Å². The van der Waals surface area contributed by atoms with Crippen molar-refractivity contribution in [3.05, 3.63) is 23.8 Å². The first-order valence-corrected chi connectivity index (χ1v) is 10.0. The SMILES string of the molecule is CCC(=O)Nc1ccc(N(C)C)c(CN([C@H](C)CC)S(C)(=O)=O)c1. The van der Waals surface area contributed by atoms with Crippen LogP contribution in [0.1, 0.15) is 39.2 Å². The lowest BCUT2D eigenvalue weighted by Crippen LogP contribution is -2.37. The molecule has 6 nitrogen and oxygen atoms in total. The Bertz CT molecular complexity index is 672. The molecule has 0 radical (unpaired) electrons. The molecule has 1 aromatic rings. The van der Waals surface area contributed by atoms with Crippen LogP contribution < -0.4 is 10.2 Å². The number of hydrogen-bond acceptors (Lipinski definition) is 4. The van der Waals surface area contributed by atoms with Crippen LogP contribution >= 0.6 is 0 Å². The second-order valence-electron chi connectivity index (χ2n) is 6.21. The molecular weight excluding hydrogens is 326 g/mol. The topological polar surface area (TPSA) is 69.7 Å². The molecule has 0 saturated heterocycles. The molecule has 1 amide bonds. The Kier molecular flexibility index (Phi) is 7.23. The maximum atomic E-state index is 12.2. The van der Waals surface area contributed by atoms with Crippen LogP contribution in [0, 0.1) is 0 Å². The molecule has 0 unspecified atom stereocenters. The van der Waals surface area contributed by atoms with Crippen LogP contribution in [0.4, 0.5) is 11.4 Å². The minimum absolute atomic E-state index is 0.0690. The lowest BCUT2D eigenvalue weighted by atomic mass is 10.1. The summed E-state index contributed by atoms with van der Waals surface area (Å²) >= 11 is 0. The van der Waals surface area contributed by atoms with Gasteiger partial charge in [0.2, 0.25) is 15.9 Å². The number of carbonyl (C=O) groups is 1. The summed E-state index contributed by atoms with van der Waals surface area (Å²) in [6, 6.07) is 5.49. The standard InChI is InChI=1S/C17H29N3O3S/c1-7-13(3)20(24(6,22)23)12-14-11-15(18-17(21)8-2)9-10-16(14)19(4)5/h9-11,13H,7-8,12H2,1-6H3,(H,18,21)/t13-/m1/s1. The van der Waals surface area contributed by atoms with Crippen LogP contribution in [0.2, 0.25) is 0 Å². The third kappa shape index (κ3) is 5.49. The Morgan fingerprint density at radius 2 is 1.88 bits per heavy atom. The number of anilines is 2. The average molecular weight is 356 g/mol. The van der Waals surface area contributed by atoms with Crippen molar-refractivity contribution in [1.29, 1.82) is 0 Å². The van der Waals surface area contributed by atoms with Crippen molar-refractivity contribution >= 4 is 27.3 Å². The number of amides is 1. The smallest absolute Gasteiger partial charge is 0.224 e. The van der Waals surface area contributed by atoms with E-state index >= 15 is 0 Å². The van der Waals surface area contributed by atoms with Crippen LogP contribution in [0.25, 0.3) is 0 Å². The van der Waals surface area contributed by atoms with Gasteiger partial charge in [-0.1, -0.05) is 13.8 Å². The summed E-state index contributed by atoms with van der Waals surface area (Å²) in [7, 11) is 0.498. The monoisotopic (exact) mass is 355 g/mol. The zero-order chi connectivity index (χ0) is 18.5. The molecule has 0 bridgehead atoms. The molecule has 1 N–H and O–H groups in total. The minimum Gasteiger partial charge on any atom is -0.377 e. The first kappa shape index (κ1) is 20.4. The van der Waals surface area contributed by atoms with Crippen LogP contribution in [0.15, 0.2) is 18.2 Å². The summed E-state index contributed by atoms with van der Waals surface area (Å²) in [6.45, 7) is 5.93. The van der Waals surface area contributed by atoms with Crippen molar-refractivity contribution < 1.29 is 13.2 Å². The van der Waals surface area contributed by atoms with Gasteiger partial charge in [-0.15, -0.1) is 0 Å². The van der Waals surface area contributed by atoms with Crippen molar-refractivity contribution in [3.8, 4) is 0 Å². The normalized spacial score (nSPS) is 13.0. The third-order valence-corrected chi connectivity index (χ3v) is 5.34. The van der Waals surface area contributed by atoms with Gasteiger partial charge in [-0.2, -0.15) is 4.31 Å². The van der Waals surface area contributed by atoms with E-state index in [1.165, 1.54) is 10.6 Å². The molecule has 24 heavy (non-hydrogen) atoms. The summed E-state index contributed by atoms with van der Waals surface area (Å²) < 4.78 is 25.8. The van der Waals surface area contributed by atoms with E-state index in [1.54, 1.807) is 6.92 Å². The van der Waals surface area contributed by atoms with E-state index < -0.39 is 10.0 Å². The van der Waals surface area contributed by atoms with Gasteiger partial charge in [-0.05, 0) is 37.1 Å². The predicted molar refractivity (Wildman–Crippen MR) is 99.8 cm³/mol. The van der Waals surface area contributed by atoms with Crippen molar-refractivity contribution in [2.75, 3.05) is 30.6 Å². The average Bonchev–Trinajstić information content (AvgIpc) is 2.50. The highest BCUT2D eigenvalue weighted by Gasteiger charge is 2.24. The number of benzene rings is 1. The highest BCUT2D eigenvalue weighted by Crippen LogP contribution is 2.26. The molecule has 1 atom stereocenters. The Labute approximate surface area is 145 Å². The Balaban J connectivity index is 3.26. The fraction of sp³-hybridized carbons (Fsp3) is 0.588. The number of nitrogens with one attached hydrogen (secondary N) is 1. The largest absolute Gasteiger partial charge is 0.377 e. The molecule has 0 spiro atoms. The van der Waals surface area contributed by atoms with Gasteiger partial charge in [0.1, 0.15) is 0 Å². The van der Waals surface area contributed by atoms with Crippen molar-refractivity contribution in [3.63, 3.8) is 0 Å². The second kappa shape index (κ2) is 8.48. The van der Waals surface area contributed by atoms with Gasteiger partial charge in [0.05, 0.1) is 6.26 Å². The van der Waals surface area contributed by atoms with E-state index in [-0.39, 0.29) is 18.5 Å². The number of rotatable bonds is 8. The van der Waals surface area contributed by atoms with E-state index in [0.29, 0.717) is 12.1 Å². The Morgan fingerprint density at radius 1 is 1.25 bits per heavy atom. The van der Waals surface area contributed by atoms with E-state index in [0.717, 1.165) is 17.7 Å². The summed E-state index contributed by atoms with van der Waals surface area (Å²) in [5.41, 5.74) is 2.47. The lowest BCUT2D eigenvalue weighted by molar-refractivity contribution is -0.115. The number of carbonyl (C=O) groups excluding carboxylic acids is 1. The molecular formula is C17H29N3O3S. The Hall–Kier alpha value is -1.60. The highest BCUT2D eigenvalue weighted by molar-refractivity contribution is 7.88. The number of hydrogen-bond donors (Lipinski definition) is 1.